The Bertz CT molecular complexity index is 864. The Kier molecular flexibility index (Phi) is 3.47. The Balaban J connectivity index is 1.59. The van der Waals surface area contributed by atoms with Crippen molar-refractivity contribution in [2.75, 3.05) is 6.54 Å². The highest BCUT2D eigenvalue weighted by atomic mass is 15.5. The Morgan fingerprint density at radius 1 is 0.783 bits per heavy atom. The summed E-state index contributed by atoms with van der Waals surface area (Å²) in [5.74, 6) is 0. The van der Waals surface area contributed by atoms with Crippen molar-refractivity contribution >= 4 is 22.1 Å². The van der Waals surface area contributed by atoms with Gasteiger partial charge in [-0.2, -0.15) is 0 Å². The molecular weight excluding hydrogens is 290 g/mol. The zero-order valence-electron chi connectivity index (χ0n) is 12.9. The standard InChI is InChI=1S/C16H17N7/c1-2-21(11-22-15-9-5-3-7-13(15)17-19-22)12-23-16-10-6-4-8-14(16)18-20-23/h3-10H,2,11-12H2,1H3. The van der Waals surface area contributed by atoms with E-state index in [1.54, 1.807) is 0 Å². The third-order valence-electron chi connectivity index (χ3n) is 3.96. The molecule has 23 heavy (non-hydrogen) atoms. The van der Waals surface area contributed by atoms with Crippen LogP contribution in [-0.2, 0) is 13.3 Å². The molecule has 0 radical (unpaired) electrons. The minimum Gasteiger partial charge on any atom is -0.265 e. The molecule has 0 saturated carbocycles. The number of para-hydroxylation sites is 2. The summed E-state index contributed by atoms with van der Waals surface area (Å²) in [6.07, 6.45) is 0. The second kappa shape index (κ2) is 5.77. The van der Waals surface area contributed by atoms with Gasteiger partial charge in [-0.05, 0) is 30.8 Å². The van der Waals surface area contributed by atoms with Gasteiger partial charge in [-0.15, -0.1) is 10.2 Å². The monoisotopic (exact) mass is 307 g/mol. The van der Waals surface area contributed by atoms with Crippen LogP contribution in [0.5, 0.6) is 0 Å². The summed E-state index contributed by atoms with van der Waals surface area (Å²) in [5.41, 5.74) is 3.90. The van der Waals surface area contributed by atoms with Crippen molar-refractivity contribution in [1.82, 2.24) is 34.9 Å². The van der Waals surface area contributed by atoms with Crippen LogP contribution in [0.2, 0.25) is 0 Å². The molecule has 4 rings (SSSR count). The maximum atomic E-state index is 4.25. The van der Waals surface area contributed by atoms with Crippen LogP contribution in [-0.4, -0.2) is 41.4 Å². The highest BCUT2D eigenvalue weighted by Gasteiger charge is 2.11. The number of fused-ring (bicyclic) bond motifs is 2. The molecule has 0 bridgehead atoms. The summed E-state index contributed by atoms with van der Waals surface area (Å²) < 4.78 is 3.83. The lowest BCUT2D eigenvalue weighted by Gasteiger charge is -2.20. The first-order valence-electron chi connectivity index (χ1n) is 7.64. The van der Waals surface area contributed by atoms with Gasteiger partial charge in [-0.25, -0.2) is 9.36 Å². The van der Waals surface area contributed by atoms with Crippen LogP contribution in [0.1, 0.15) is 6.92 Å². The Morgan fingerprint density at radius 3 is 1.74 bits per heavy atom. The van der Waals surface area contributed by atoms with Crippen molar-refractivity contribution in [1.29, 1.82) is 0 Å². The maximum Gasteiger partial charge on any atom is 0.113 e. The summed E-state index contributed by atoms with van der Waals surface area (Å²) in [6.45, 7) is 4.32. The summed E-state index contributed by atoms with van der Waals surface area (Å²) in [7, 11) is 0. The van der Waals surface area contributed by atoms with Crippen LogP contribution in [0.15, 0.2) is 48.5 Å². The van der Waals surface area contributed by atoms with E-state index in [4.69, 9.17) is 0 Å². The molecule has 0 fully saturated rings. The van der Waals surface area contributed by atoms with E-state index in [0.717, 1.165) is 28.6 Å². The average Bonchev–Trinajstić information content (AvgIpc) is 3.19. The van der Waals surface area contributed by atoms with Gasteiger partial charge in [0, 0.05) is 0 Å². The molecule has 0 atom stereocenters. The number of nitrogens with zero attached hydrogens (tertiary/aromatic N) is 7. The first-order valence-corrected chi connectivity index (χ1v) is 7.64. The number of rotatable bonds is 5. The molecular formula is C16H17N7. The number of benzene rings is 2. The first kappa shape index (κ1) is 13.8. The lowest BCUT2D eigenvalue weighted by atomic mass is 10.3. The lowest BCUT2D eigenvalue weighted by molar-refractivity contribution is 0.165. The first-order chi connectivity index (χ1) is 11.3. The van der Waals surface area contributed by atoms with E-state index in [0.29, 0.717) is 13.3 Å². The molecule has 0 N–H and O–H groups in total. The predicted octanol–water partition coefficient (Wildman–Crippen LogP) is 2.11. The van der Waals surface area contributed by atoms with Crippen molar-refractivity contribution in [3.05, 3.63) is 48.5 Å². The molecule has 0 amide bonds. The fourth-order valence-electron chi connectivity index (χ4n) is 2.67. The van der Waals surface area contributed by atoms with Gasteiger partial charge >= 0.3 is 0 Å². The van der Waals surface area contributed by atoms with Gasteiger partial charge in [-0.3, -0.25) is 4.90 Å². The highest BCUT2D eigenvalue weighted by Crippen LogP contribution is 2.13. The summed E-state index contributed by atoms with van der Waals surface area (Å²) in [5, 5.41) is 16.9. The van der Waals surface area contributed by atoms with Gasteiger partial charge in [0.2, 0.25) is 0 Å². The van der Waals surface area contributed by atoms with Gasteiger partial charge in [0.05, 0.1) is 24.4 Å². The van der Waals surface area contributed by atoms with Crippen LogP contribution in [0.3, 0.4) is 0 Å². The quantitative estimate of drug-likeness (QED) is 0.565. The van der Waals surface area contributed by atoms with E-state index in [2.05, 4.69) is 32.4 Å². The Labute approximate surface area is 133 Å². The molecule has 0 saturated heterocycles. The summed E-state index contributed by atoms with van der Waals surface area (Å²) in [4.78, 5) is 2.24. The molecule has 2 aromatic carbocycles. The van der Waals surface area contributed by atoms with Gasteiger partial charge in [0.15, 0.2) is 0 Å². The molecule has 2 heterocycles. The molecule has 0 aliphatic carbocycles. The lowest BCUT2D eigenvalue weighted by Crippen LogP contribution is -2.29. The van der Waals surface area contributed by atoms with E-state index < -0.39 is 0 Å². The van der Waals surface area contributed by atoms with Crippen molar-refractivity contribution in [2.45, 2.75) is 20.3 Å². The zero-order valence-corrected chi connectivity index (χ0v) is 12.9. The van der Waals surface area contributed by atoms with E-state index in [1.807, 2.05) is 57.9 Å². The third-order valence-corrected chi connectivity index (χ3v) is 3.96. The average molecular weight is 307 g/mol. The molecule has 0 aliphatic rings. The van der Waals surface area contributed by atoms with Crippen molar-refractivity contribution in [2.24, 2.45) is 0 Å². The molecule has 2 aromatic heterocycles. The van der Waals surface area contributed by atoms with Gasteiger partial charge in [0.25, 0.3) is 0 Å². The van der Waals surface area contributed by atoms with Crippen LogP contribution in [0, 0.1) is 0 Å². The molecule has 4 aromatic rings. The van der Waals surface area contributed by atoms with E-state index >= 15 is 0 Å². The molecule has 0 unspecified atom stereocenters. The fourth-order valence-corrected chi connectivity index (χ4v) is 2.67. The molecule has 116 valence electrons. The second-order valence-corrected chi connectivity index (χ2v) is 5.43. The van der Waals surface area contributed by atoms with Crippen molar-refractivity contribution < 1.29 is 0 Å². The van der Waals surface area contributed by atoms with E-state index in [-0.39, 0.29) is 0 Å². The largest absolute Gasteiger partial charge is 0.265 e. The minimum atomic E-state index is 0.658. The van der Waals surface area contributed by atoms with Crippen LogP contribution in [0.4, 0.5) is 0 Å². The van der Waals surface area contributed by atoms with Crippen molar-refractivity contribution in [3.63, 3.8) is 0 Å². The van der Waals surface area contributed by atoms with Gasteiger partial charge in [-0.1, -0.05) is 41.6 Å². The van der Waals surface area contributed by atoms with E-state index in [1.165, 1.54) is 0 Å². The SMILES string of the molecule is CCN(Cn1nnc2ccccc21)Cn1nnc2ccccc21. The maximum absolute atomic E-state index is 4.25. The summed E-state index contributed by atoms with van der Waals surface area (Å²) in [6, 6.07) is 16.0. The molecule has 0 spiro atoms. The minimum absolute atomic E-state index is 0.658. The number of hydrogen-bond acceptors (Lipinski definition) is 5. The predicted molar refractivity (Wildman–Crippen MR) is 87.4 cm³/mol. The summed E-state index contributed by atoms with van der Waals surface area (Å²) >= 11 is 0. The molecule has 0 aliphatic heterocycles. The smallest absolute Gasteiger partial charge is 0.113 e. The van der Waals surface area contributed by atoms with Crippen LogP contribution in [0.25, 0.3) is 22.1 Å². The van der Waals surface area contributed by atoms with Crippen LogP contribution < -0.4 is 0 Å². The highest BCUT2D eigenvalue weighted by molar-refractivity contribution is 5.74. The second-order valence-electron chi connectivity index (χ2n) is 5.43. The van der Waals surface area contributed by atoms with Gasteiger partial charge in [0.1, 0.15) is 11.0 Å². The van der Waals surface area contributed by atoms with E-state index in [9.17, 15) is 0 Å². The topological polar surface area (TPSA) is 64.7 Å². The molecule has 7 nitrogen and oxygen atoms in total. The Hall–Kier alpha value is -2.80. The Morgan fingerprint density at radius 2 is 1.26 bits per heavy atom. The fraction of sp³-hybridized carbons (Fsp3) is 0.250. The number of aromatic nitrogens is 6. The third kappa shape index (κ3) is 2.55. The number of hydrogen-bond donors (Lipinski definition) is 0. The van der Waals surface area contributed by atoms with Crippen molar-refractivity contribution in [3.8, 4) is 0 Å². The molecule has 7 heteroatoms. The van der Waals surface area contributed by atoms with Gasteiger partial charge < -0.3 is 0 Å². The van der Waals surface area contributed by atoms with Crippen LogP contribution >= 0.6 is 0 Å². The normalized spacial score (nSPS) is 11.7. The zero-order chi connectivity index (χ0) is 15.6.